The second-order valence-corrected chi connectivity index (χ2v) is 7.76. The Balaban J connectivity index is 1.53. The normalized spacial score (nSPS) is 10.6. The average Bonchev–Trinajstić information content (AvgIpc) is 3.07. The van der Waals surface area contributed by atoms with Gasteiger partial charge in [0.2, 0.25) is 11.8 Å². The number of benzene rings is 2. The molecule has 29 heavy (non-hydrogen) atoms. The molecule has 9 heteroatoms. The van der Waals surface area contributed by atoms with Gasteiger partial charge in [0, 0.05) is 28.7 Å². The maximum atomic E-state index is 12.2. The summed E-state index contributed by atoms with van der Waals surface area (Å²) in [6.07, 6.45) is 0.179. The summed E-state index contributed by atoms with van der Waals surface area (Å²) in [5, 5.41) is 12.4. The van der Waals surface area contributed by atoms with E-state index in [0.29, 0.717) is 22.8 Å². The van der Waals surface area contributed by atoms with Gasteiger partial charge in [-0.3, -0.25) is 19.3 Å². The van der Waals surface area contributed by atoms with E-state index >= 15 is 0 Å². The van der Waals surface area contributed by atoms with E-state index in [0.717, 1.165) is 15.6 Å². The number of hydrogen-bond donors (Lipinski definition) is 3. The third kappa shape index (κ3) is 5.85. The van der Waals surface area contributed by atoms with Crippen LogP contribution in [0.2, 0.25) is 0 Å². The molecular formula is C20H20BrN5O2S. The van der Waals surface area contributed by atoms with Gasteiger partial charge in [0.05, 0.1) is 6.54 Å². The summed E-state index contributed by atoms with van der Waals surface area (Å²) in [6, 6.07) is 15.1. The van der Waals surface area contributed by atoms with E-state index in [1.807, 2.05) is 43.3 Å². The quantitative estimate of drug-likeness (QED) is 0.454. The number of aryl methyl sites for hydroxylation is 1. The van der Waals surface area contributed by atoms with Crippen LogP contribution in [0.5, 0.6) is 0 Å². The summed E-state index contributed by atoms with van der Waals surface area (Å²) >= 11 is 8.63. The van der Waals surface area contributed by atoms with E-state index in [9.17, 15) is 9.59 Å². The number of amides is 2. The monoisotopic (exact) mass is 473 g/mol. The van der Waals surface area contributed by atoms with E-state index in [1.165, 1.54) is 0 Å². The molecule has 0 aliphatic rings. The fourth-order valence-corrected chi connectivity index (χ4v) is 3.24. The first-order valence-corrected chi connectivity index (χ1v) is 10.2. The van der Waals surface area contributed by atoms with Crippen molar-refractivity contribution >= 4 is 45.6 Å². The lowest BCUT2D eigenvalue weighted by Crippen LogP contribution is -2.33. The van der Waals surface area contributed by atoms with E-state index in [-0.39, 0.29) is 24.8 Å². The lowest BCUT2D eigenvalue weighted by Gasteiger charge is -2.09. The number of carbonyl (C=O) groups excluding carboxylic acids is 2. The maximum Gasteiger partial charge on any atom is 0.243 e. The predicted molar refractivity (Wildman–Crippen MR) is 118 cm³/mol. The Morgan fingerprint density at radius 1 is 1.17 bits per heavy atom. The molecule has 0 spiro atoms. The largest absolute Gasteiger partial charge is 0.347 e. The maximum absolute atomic E-state index is 12.2. The predicted octanol–water partition coefficient (Wildman–Crippen LogP) is 3.82. The van der Waals surface area contributed by atoms with Gasteiger partial charge < -0.3 is 10.6 Å². The molecule has 0 aliphatic carbocycles. The first-order valence-electron chi connectivity index (χ1n) is 8.97. The second-order valence-electron chi connectivity index (χ2n) is 6.46. The Hall–Kier alpha value is -2.78. The van der Waals surface area contributed by atoms with Gasteiger partial charge in [-0.25, -0.2) is 0 Å². The van der Waals surface area contributed by atoms with Crippen LogP contribution in [-0.4, -0.2) is 33.1 Å². The van der Waals surface area contributed by atoms with Gasteiger partial charge in [-0.15, -0.1) is 0 Å². The zero-order valence-electron chi connectivity index (χ0n) is 15.7. The van der Waals surface area contributed by atoms with Crippen molar-refractivity contribution in [3.05, 3.63) is 63.3 Å². The Labute approximate surface area is 181 Å². The number of aromatic nitrogens is 3. The highest BCUT2D eigenvalue weighted by molar-refractivity contribution is 9.10. The number of aromatic amines is 1. The number of anilines is 1. The van der Waals surface area contributed by atoms with Crippen molar-refractivity contribution in [2.24, 2.45) is 0 Å². The number of halogens is 1. The summed E-state index contributed by atoms with van der Waals surface area (Å²) < 4.78 is 3.15. The minimum atomic E-state index is -0.291. The lowest BCUT2D eigenvalue weighted by atomic mass is 10.1. The van der Waals surface area contributed by atoms with Crippen molar-refractivity contribution in [2.75, 3.05) is 11.9 Å². The van der Waals surface area contributed by atoms with Gasteiger partial charge in [-0.05, 0) is 49.5 Å². The van der Waals surface area contributed by atoms with Crippen LogP contribution in [0.15, 0.2) is 53.0 Å². The Bertz CT molecular complexity index is 1070. The van der Waals surface area contributed by atoms with Crippen molar-refractivity contribution in [2.45, 2.75) is 19.9 Å². The van der Waals surface area contributed by atoms with Crippen LogP contribution in [0, 0.1) is 11.7 Å². The fraction of sp³-hybridized carbons (Fsp3) is 0.200. The summed E-state index contributed by atoms with van der Waals surface area (Å²) in [7, 11) is 0. The van der Waals surface area contributed by atoms with Crippen molar-refractivity contribution in [3.63, 3.8) is 0 Å². The van der Waals surface area contributed by atoms with Gasteiger partial charge in [0.1, 0.15) is 0 Å². The molecule has 2 aromatic carbocycles. The van der Waals surface area contributed by atoms with Crippen molar-refractivity contribution in [1.29, 1.82) is 0 Å². The average molecular weight is 474 g/mol. The molecule has 0 saturated heterocycles. The third-order valence-corrected chi connectivity index (χ3v) is 5.01. The molecule has 150 valence electrons. The first kappa shape index (κ1) is 20.9. The van der Waals surface area contributed by atoms with E-state index in [2.05, 4.69) is 36.8 Å². The van der Waals surface area contributed by atoms with Crippen LogP contribution in [0.3, 0.4) is 0 Å². The molecule has 7 nitrogen and oxygen atoms in total. The zero-order chi connectivity index (χ0) is 20.8. The van der Waals surface area contributed by atoms with Crippen molar-refractivity contribution in [1.82, 2.24) is 20.1 Å². The molecule has 0 atom stereocenters. The highest BCUT2D eigenvalue weighted by Gasteiger charge is 2.12. The van der Waals surface area contributed by atoms with Crippen molar-refractivity contribution < 1.29 is 9.59 Å². The molecule has 0 unspecified atom stereocenters. The Morgan fingerprint density at radius 3 is 2.66 bits per heavy atom. The van der Waals surface area contributed by atoms with E-state index in [4.69, 9.17) is 12.2 Å². The van der Waals surface area contributed by atoms with E-state index < -0.39 is 0 Å². The molecule has 1 aromatic heterocycles. The molecule has 1 heterocycles. The summed E-state index contributed by atoms with van der Waals surface area (Å²) in [5.41, 5.74) is 2.70. The molecule has 3 rings (SSSR count). The van der Waals surface area contributed by atoms with Gasteiger partial charge in [0.25, 0.3) is 0 Å². The highest BCUT2D eigenvalue weighted by atomic mass is 79.9. The molecule has 0 saturated carbocycles. The number of carbonyl (C=O) groups is 2. The number of nitrogens with zero attached hydrogens (tertiary/aromatic N) is 2. The minimum absolute atomic E-state index is 0.101. The van der Waals surface area contributed by atoms with Crippen LogP contribution in [0.4, 0.5) is 5.69 Å². The summed E-state index contributed by atoms with van der Waals surface area (Å²) in [5.74, 6) is 0.148. The van der Waals surface area contributed by atoms with Gasteiger partial charge in [-0.2, -0.15) is 5.10 Å². The summed E-state index contributed by atoms with van der Waals surface area (Å²) in [4.78, 5) is 24.2. The molecule has 3 N–H and O–H groups in total. The Kier molecular flexibility index (Phi) is 6.95. The van der Waals surface area contributed by atoms with Gasteiger partial charge >= 0.3 is 0 Å². The third-order valence-electron chi connectivity index (χ3n) is 4.17. The molecule has 2 amide bonds. The molecule has 0 bridgehead atoms. The van der Waals surface area contributed by atoms with Gasteiger partial charge in [-0.1, -0.05) is 39.7 Å². The van der Waals surface area contributed by atoms with Crippen LogP contribution in [-0.2, 0) is 16.1 Å². The lowest BCUT2D eigenvalue weighted by molar-refractivity contribution is -0.124. The number of nitrogens with one attached hydrogen (secondary N) is 3. The standard InChI is InChI=1S/C20H20BrN5O2S/c1-13-3-2-4-14(11-13)19-24-25-20(29)26(19)10-9-17(27)22-12-18(28)23-16-7-5-15(21)6-8-16/h2-8,11H,9-10,12H2,1H3,(H,22,27)(H,23,28)(H,25,29). The number of hydrogen-bond acceptors (Lipinski definition) is 4. The van der Waals surface area contributed by atoms with E-state index in [1.54, 1.807) is 16.7 Å². The second kappa shape index (κ2) is 9.62. The smallest absolute Gasteiger partial charge is 0.243 e. The molecule has 0 radical (unpaired) electrons. The number of H-pyrrole nitrogens is 1. The topological polar surface area (TPSA) is 91.8 Å². The SMILES string of the molecule is Cc1cccc(-c2n[nH]c(=S)n2CCC(=O)NCC(=O)Nc2ccc(Br)cc2)c1. The fourth-order valence-electron chi connectivity index (χ4n) is 2.75. The Morgan fingerprint density at radius 2 is 1.93 bits per heavy atom. The number of rotatable bonds is 7. The molecule has 0 aliphatic heterocycles. The van der Waals surface area contributed by atoms with Crippen LogP contribution >= 0.6 is 28.1 Å². The molecular weight excluding hydrogens is 454 g/mol. The zero-order valence-corrected chi connectivity index (χ0v) is 18.1. The van der Waals surface area contributed by atoms with Crippen LogP contribution in [0.1, 0.15) is 12.0 Å². The molecule has 3 aromatic rings. The van der Waals surface area contributed by atoms with Crippen LogP contribution in [0.25, 0.3) is 11.4 Å². The highest BCUT2D eigenvalue weighted by Crippen LogP contribution is 2.19. The van der Waals surface area contributed by atoms with Gasteiger partial charge in [0.15, 0.2) is 10.6 Å². The minimum Gasteiger partial charge on any atom is -0.347 e. The van der Waals surface area contributed by atoms with Crippen LogP contribution < -0.4 is 10.6 Å². The summed E-state index contributed by atoms with van der Waals surface area (Å²) in [6.45, 7) is 2.26. The molecule has 0 fully saturated rings. The van der Waals surface area contributed by atoms with Crippen molar-refractivity contribution in [3.8, 4) is 11.4 Å². The first-order chi connectivity index (χ1) is 13.9.